The van der Waals surface area contributed by atoms with Gasteiger partial charge in [0, 0.05) is 37.2 Å². The fraction of sp³-hybridized carbons (Fsp3) is 0.474. The Balaban J connectivity index is 1.59. The number of hydrogen-bond acceptors (Lipinski definition) is 6. The van der Waals surface area contributed by atoms with Crippen LogP contribution in [-0.4, -0.2) is 56.8 Å². The number of anilines is 1. The summed E-state index contributed by atoms with van der Waals surface area (Å²) in [5.74, 6) is 1.58. The number of aromatic nitrogens is 3. The molecule has 1 fully saturated rings. The van der Waals surface area contributed by atoms with Crippen LogP contribution in [0.4, 0.5) is 5.82 Å². The molecule has 2 aromatic heterocycles. The molecule has 2 N–H and O–H groups in total. The van der Waals surface area contributed by atoms with Crippen LogP contribution in [0.3, 0.4) is 0 Å². The van der Waals surface area contributed by atoms with Crippen molar-refractivity contribution in [2.24, 2.45) is 0 Å². The minimum absolute atomic E-state index is 0.0453. The van der Waals surface area contributed by atoms with E-state index in [1.54, 1.807) is 18.5 Å². The van der Waals surface area contributed by atoms with Gasteiger partial charge in [-0.2, -0.15) is 0 Å². The predicted molar refractivity (Wildman–Crippen MR) is 101 cm³/mol. The van der Waals surface area contributed by atoms with Gasteiger partial charge in [0.05, 0.1) is 12.1 Å². The van der Waals surface area contributed by atoms with Crippen LogP contribution in [0.2, 0.25) is 0 Å². The Morgan fingerprint density at radius 2 is 2.15 bits per heavy atom. The quantitative estimate of drug-likeness (QED) is 0.882. The average Bonchev–Trinajstić information content (AvgIpc) is 3.11. The van der Waals surface area contributed by atoms with Crippen molar-refractivity contribution in [2.75, 3.05) is 25.9 Å². The molecule has 0 aromatic carbocycles. The average molecular weight is 354 g/mol. The Bertz CT molecular complexity index is 761. The smallest absolute Gasteiger partial charge is 0.255 e. The van der Waals surface area contributed by atoms with Crippen molar-refractivity contribution in [3.05, 3.63) is 47.7 Å². The number of likely N-dealkylation sites (tertiary alicyclic amines) is 1. The molecule has 1 amide bonds. The Morgan fingerprint density at radius 3 is 2.81 bits per heavy atom. The standard InChI is InChI=1S/C19H26N6O/c1-13(2)16-5-4-14(10-22-16)19(26)25-9-7-15(11-25)24(3)12-18-21-8-6-17(20)23-18/h4-6,8,10,13,15H,7,9,11-12H2,1-3H3,(H2,20,21,23). The maximum atomic E-state index is 12.7. The van der Waals surface area contributed by atoms with Crippen LogP contribution in [0.25, 0.3) is 0 Å². The van der Waals surface area contributed by atoms with Crippen molar-refractivity contribution >= 4 is 11.7 Å². The molecule has 7 heteroatoms. The predicted octanol–water partition coefficient (Wildman–Crippen LogP) is 1.92. The number of nitrogens with two attached hydrogens (primary N) is 1. The van der Waals surface area contributed by atoms with Crippen molar-refractivity contribution in [1.29, 1.82) is 0 Å². The van der Waals surface area contributed by atoms with Gasteiger partial charge in [-0.25, -0.2) is 9.97 Å². The topological polar surface area (TPSA) is 88.2 Å². The van der Waals surface area contributed by atoms with E-state index in [0.717, 1.165) is 18.7 Å². The maximum Gasteiger partial charge on any atom is 0.255 e. The van der Waals surface area contributed by atoms with E-state index in [0.29, 0.717) is 36.2 Å². The van der Waals surface area contributed by atoms with Crippen LogP contribution in [-0.2, 0) is 6.54 Å². The van der Waals surface area contributed by atoms with Gasteiger partial charge in [0.1, 0.15) is 11.6 Å². The molecule has 7 nitrogen and oxygen atoms in total. The van der Waals surface area contributed by atoms with Crippen molar-refractivity contribution in [1.82, 2.24) is 24.8 Å². The lowest BCUT2D eigenvalue weighted by Crippen LogP contribution is -2.36. The van der Waals surface area contributed by atoms with Crippen LogP contribution in [0, 0.1) is 0 Å². The third kappa shape index (κ3) is 4.16. The van der Waals surface area contributed by atoms with Gasteiger partial charge in [0.15, 0.2) is 0 Å². The first-order chi connectivity index (χ1) is 12.4. The van der Waals surface area contributed by atoms with Crippen molar-refractivity contribution in [3.8, 4) is 0 Å². The molecule has 3 heterocycles. The molecular weight excluding hydrogens is 328 g/mol. The SMILES string of the molecule is CC(C)c1ccc(C(=O)N2CCC(N(C)Cc3nccc(N)n3)C2)cn1. The van der Waals surface area contributed by atoms with Crippen LogP contribution < -0.4 is 5.73 Å². The zero-order valence-corrected chi connectivity index (χ0v) is 15.6. The first kappa shape index (κ1) is 18.3. The molecule has 0 radical (unpaired) electrons. The minimum atomic E-state index is 0.0453. The summed E-state index contributed by atoms with van der Waals surface area (Å²) < 4.78 is 0. The first-order valence-corrected chi connectivity index (χ1v) is 8.97. The van der Waals surface area contributed by atoms with Crippen LogP contribution >= 0.6 is 0 Å². The number of nitrogens with zero attached hydrogens (tertiary/aromatic N) is 5. The van der Waals surface area contributed by atoms with Gasteiger partial charge in [-0.3, -0.25) is 14.7 Å². The lowest BCUT2D eigenvalue weighted by Gasteiger charge is -2.24. The lowest BCUT2D eigenvalue weighted by molar-refractivity contribution is 0.0779. The fourth-order valence-electron chi connectivity index (χ4n) is 3.19. The highest BCUT2D eigenvalue weighted by Gasteiger charge is 2.29. The molecule has 1 aliphatic rings. The molecule has 26 heavy (non-hydrogen) atoms. The Morgan fingerprint density at radius 1 is 1.35 bits per heavy atom. The number of amides is 1. The van der Waals surface area contributed by atoms with E-state index in [1.807, 2.05) is 24.1 Å². The minimum Gasteiger partial charge on any atom is -0.384 e. The Labute approximate surface area is 154 Å². The number of carbonyl (C=O) groups excluding carboxylic acids is 1. The molecule has 1 unspecified atom stereocenters. The summed E-state index contributed by atoms with van der Waals surface area (Å²) in [5, 5.41) is 0. The third-order valence-electron chi connectivity index (χ3n) is 4.82. The van der Waals surface area contributed by atoms with Crippen LogP contribution in [0.5, 0.6) is 0 Å². The van der Waals surface area contributed by atoms with Crippen molar-refractivity contribution < 1.29 is 4.79 Å². The number of carbonyl (C=O) groups is 1. The largest absolute Gasteiger partial charge is 0.384 e. The molecule has 0 spiro atoms. The summed E-state index contributed by atoms with van der Waals surface area (Å²) in [6.07, 6.45) is 4.29. The van der Waals surface area contributed by atoms with E-state index in [2.05, 4.69) is 33.7 Å². The number of pyridine rings is 1. The van der Waals surface area contributed by atoms with Crippen molar-refractivity contribution in [2.45, 2.75) is 38.8 Å². The second-order valence-corrected chi connectivity index (χ2v) is 7.13. The van der Waals surface area contributed by atoms with Gasteiger partial charge >= 0.3 is 0 Å². The van der Waals surface area contributed by atoms with Gasteiger partial charge < -0.3 is 10.6 Å². The zero-order valence-electron chi connectivity index (χ0n) is 15.6. The van der Waals surface area contributed by atoms with E-state index in [4.69, 9.17) is 5.73 Å². The molecule has 138 valence electrons. The highest BCUT2D eigenvalue weighted by atomic mass is 16.2. The summed E-state index contributed by atoms with van der Waals surface area (Å²) in [6.45, 7) is 6.24. The molecule has 0 aliphatic carbocycles. The second kappa shape index (κ2) is 7.78. The van der Waals surface area contributed by atoms with E-state index in [1.165, 1.54) is 0 Å². The second-order valence-electron chi connectivity index (χ2n) is 7.13. The normalized spacial score (nSPS) is 17.3. The first-order valence-electron chi connectivity index (χ1n) is 8.97. The molecule has 1 atom stereocenters. The monoisotopic (exact) mass is 354 g/mol. The van der Waals surface area contributed by atoms with E-state index in [-0.39, 0.29) is 11.9 Å². The molecule has 3 rings (SSSR count). The third-order valence-corrected chi connectivity index (χ3v) is 4.82. The van der Waals surface area contributed by atoms with Gasteiger partial charge in [-0.05, 0) is 37.6 Å². The lowest BCUT2D eigenvalue weighted by atomic mass is 10.1. The number of rotatable bonds is 5. The van der Waals surface area contributed by atoms with Crippen LogP contribution in [0.15, 0.2) is 30.6 Å². The summed E-state index contributed by atoms with van der Waals surface area (Å²) in [7, 11) is 2.03. The maximum absolute atomic E-state index is 12.7. The number of likely N-dealkylation sites (N-methyl/N-ethyl adjacent to an activating group) is 1. The summed E-state index contributed by atoms with van der Waals surface area (Å²) in [4.78, 5) is 29.7. The van der Waals surface area contributed by atoms with E-state index < -0.39 is 0 Å². The number of nitrogen functional groups attached to an aromatic ring is 1. The summed E-state index contributed by atoms with van der Waals surface area (Å²) in [6, 6.07) is 5.78. The molecule has 2 aromatic rings. The Kier molecular flexibility index (Phi) is 5.46. The van der Waals surface area contributed by atoms with E-state index >= 15 is 0 Å². The van der Waals surface area contributed by atoms with Gasteiger partial charge in [-0.1, -0.05) is 13.8 Å². The zero-order chi connectivity index (χ0) is 18.7. The van der Waals surface area contributed by atoms with Gasteiger partial charge in [0.2, 0.25) is 0 Å². The van der Waals surface area contributed by atoms with Crippen LogP contribution in [0.1, 0.15) is 48.1 Å². The van der Waals surface area contributed by atoms with Gasteiger partial charge in [-0.15, -0.1) is 0 Å². The Hall–Kier alpha value is -2.54. The molecule has 0 bridgehead atoms. The van der Waals surface area contributed by atoms with Crippen molar-refractivity contribution in [3.63, 3.8) is 0 Å². The summed E-state index contributed by atoms with van der Waals surface area (Å²) in [5.41, 5.74) is 7.37. The highest BCUT2D eigenvalue weighted by molar-refractivity contribution is 5.94. The molecular formula is C19H26N6O. The highest BCUT2D eigenvalue weighted by Crippen LogP contribution is 2.19. The van der Waals surface area contributed by atoms with E-state index in [9.17, 15) is 4.79 Å². The molecule has 1 aliphatic heterocycles. The molecule has 1 saturated heterocycles. The van der Waals surface area contributed by atoms with Gasteiger partial charge in [0.25, 0.3) is 5.91 Å². The summed E-state index contributed by atoms with van der Waals surface area (Å²) >= 11 is 0. The number of hydrogen-bond donors (Lipinski definition) is 1. The molecule has 0 saturated carbocycles. The fourth-order valence-corrected chi connectivity index (χ4v) is 3.19.